The number of amides is 1. The van der Waals surface area contributed by atoms with Crippen LogP contribution in [0.2, 0.25) is 0 Å². The normalized spacial score (nSPS) is 12.1. The number of carbonyl (C=O) groups is 1. The molecular formula is C22H24F3NO. The number of hydrogen-bond donors (Lipinski definition) is 1. The lowest BCUT2D eigenvalue weighted by molar-refractivity contribution is -0.137. The van der Waals surface area contributed by atoms with E-state index in [-0.39, 0.29) is 5.91 Å². The Balaban J connectivity index is 2.33. The van der Waals surface area contributed by atoms with Crippen molar-refractivity contribution in [2.24, 2.45) is 5.92 Å². The molecule has 5 heteroatoms. The fourth-order valence-corrected chi connectivity index (χ4v) is 1.92. The summed E-state index contributed by atoms with van der Waals surface area (Å²) in [5, 5.41) is 2.78. The maximum Gasteiger partial charge on any atom is 0.416 e. The summed E-state index contributed by atoms with van der Waals surface area (Å²) >= 11 is 0. The van der Waals surface area contributed by atoms with E-state index in [1.54, 1.807) is 24.3 Å². The number of carbonyl (C=O) groups excluding carboxylic acids is 1. The molecule has 1 aromatic rings. The molecule has 0 heterocycles. The van der Waals surface area contributed by atoms with Crippen molar-refractivity contribution in [1.82, 2.24) is 5.32 Å². The smallest absolute Gasteiger partial charge is 0.352 e. The van der Waals surface area contributed by atoms with Crippen LogP contribution in [-0.4, -0.2) is 12.5 Å². The average molecular weight is 375 g/mol. The van der Waals surface area contributed by atoms with Gasteiger partial charge in [0.1, 0.15) is 0 Å². The number of halogens is 3. The molecule has 1 N–H and O–H groups in total. The number of allylic oxidation sites excluding steroid dienone is 4. The summed E-state index contributed by atoms with van der Waals surface area (Å²) < 4.78 is 37.8. The van der Waals surface area contributed by atoms with Crippen LogP contribution in [0, 0.1) is 17.8 Å². The molecule has 1 amide bonds. The highest BCUT2D eigenvalue weighted by Gasteiger charge is 2.30. The number of hydrogen-bond acceptors (Lipinski definition) is 1. The van der Waals surface area contributed by atoms with Gasteiger partial charge in [-0.1, -0.05) is 56.0 Å². The molecule has 0 saturated carbocycles. The van der Waals surface area contributed by atoms with E-state index in [2.05, 4.69) is 17.2 Å². The van der Waals surface area contributed by atoms with E-state index < -0.39 is 11.7 Å². The van der Waals surface area contributed by atoms with Gasteiger partial charge in [0.2, 0.25) is 5.91 Å². The van der Waals surface area contributed by atoms with Gasteiger partial charge in [0.05, 0.1) is 5.56 Å². The molecular weight excluding hydrogens is 351 g/mol. The molecule has 1 aromatic carbocycles. The van der Waals surface area contributed by atoms with Gasteiger partial charge in [-0.3, -0.25) is 4.79 Å². The van der Waals surface area contributed by atoms with Gasteiger partial charge in [0, 0.05) is 19.0 Å². The first-order chi connectivity index (χ1) is 12.8. The highest BCUT2D eigenvalue weighted by Crippen LogP contribution is 2.29. The molecule has 0 bridgehead atoms. The molecule has 0 aromatic heterocycles. The first kappa shape index (κ1) is 22.3. The Morgan fingerprint density at radius 3 is 2.74 bits per heavy atom. The molecule has 0 atom stereocenters. The highest BCUT2D eigenvalue weighted by atomic mass is 19.4. The van der Waals surface area contributed by atoms with Gasteiger partial charge in [-0.25, -0.2) is 0 Å². The summed E-state index contributed by atoms with van der Waals surface area (Å²) in [6.45, 7) is 4.70. The Bertz CT molecular complexity index is 747. The third kappa shape index (κ3) is 10.8. The van der Waals surface area contributed by atoms with Crippen LogP contribution in [0.5, 0.6) is 0 Å². The lowest BCUT2D eigenvalue weighted by atomic mass is 10.1. The van der Waals surface area contributed by atoms with Crippen LogP contribution in [0.1, 0.15) is 37.8 Å². The minimum atomic E-state index is -4.34. The van der Waals surface area contributed by atoms with Crippen LogP contribution in [0.25, 0.3) is 6.08 Å². The van der Waals surface area contributed by atoms with E-state index in [4.69, 9.17) is 0 Å². The van der Waals surface area contributed by atoms with Gasteiger partial charge >= 0.3 is 6.18 Å². The van der Waals surface area contributed by atoms with Gasteiger partial charge in [-0.05, 0) is 42.2 Å². The molecule has 0 saturated heterocycles. The summed E-state index contributed by atoms with van der Waals surface area (Å²) in [6, 6.07) is 5.10. The van der Waals surface area contributed by atoms with E-state index in [0.717, 1.165) is 18.6 Å². The minimum Gasteiger partial charge on any atom is -0.352 e. The molecule has 0 unspecified atom stereocenters. The summed E-state index contributed by atoms with van der Waals surface area (Å²) in [6.07, 6.45) is 6.94. The molecule has 2 nitrogen and oxygen atoms in total. The molecule has 0 aliphatic carbocycles. The summed E-state index contributed by atoms with van der Waals surface area (Å²) in [4.78, 5) is 11.4. The Hall–Kier alpha value is -2.74. The number of alkyl halides is 3. The molecule has 27 heavy (non-hydrogen) atoms. The summed E-state index contributed by atoms with van der Waals surface area (Å²) in [5.41, 5.74) is -0.214. The van der Waals surface area contributed by atoms with Crippen LogP contribution < -0.4 is 5.32 Å². The van der Waals surface area contributed by atoms with Crippen LogP contribution in [0.3, 0.4) is 0 Å². The predicted octanol–water partition coefficient (Wildman–Crippen LogP) is 5.39. The number of rotatable bonds is 7. The van der Waals surface area contributed by atoms with Crippen molar-refractivity contribution in [3.8, 4) is 11.8 Å². The van der Waals surface area contributed by atoms with E-state index in [9.17, 15) is 18.0 Å². The second-order valence-electron chi connectivity index (χ2n) is 6.24. The van der Waals surface area contributed by atoms with E-state index in [0.29, 0.717) is 24.4 Å². The zero-order chi connectivity index (χ0) is 20.1. The van der Waals surface area contributed by atoms with Gasteiger partial charge in [0.15, 0.2) is 0 Å². The van der Waals surface area contributed by atoms with Gasteiger partial charge in [0.25, 0.3) is 0 Å². The van der Waals surface area contributed by atoms with E-state index in [1.165, 1.54) is 18.2 Å². The summed E-state index contributed by atoms with van der Waals surface area (Å²) in [7, 11) is 0. The molecule has 0 spiro atoms. The molecule has 0 aliphatic heterocycles. The Kier molecular flexibility index (Phi) is 9.74. The molecule has 0 aliphatic rings. The van der Waals surface area contributed by atoms with Crippen LogP contribution in [-0.2, 0) is 11.0 Å². The fourth-order valence-electron chi connectivity index (χ4n) is 1.92. The third-order valence-electron chi connectivity index (χ3n) is 3.29. The Morgan fingerprint density at radius 2 is 2.04 bits per heavy atom. The maximum absolute atomic E-state index is 12.6. The number of unbranched alkanes of at least 4 members (excludes halogenated alkanes) is 1. The van der Waals surface area contributed by atoms with Crippen molar-refractivity contribution < 1.29 is 18.0 Å². The quantitative estimate of drug-likeness (QED) is 0.294. The predicted molar refractivity (Wildman–Crippen MR) is 104 cm³/mol. The number of benzene rings is 1. The van der Waals surface area contributed by atoms with Crippen molar-refractivity contribution in [2.75, 3.05) is 6.54 Å². The monoisotopic (exact) mass is 375 g/mol. The summed E-state index contributed by atoms with van der Waals surface area (Å²) in [5.74, 6) is 6.02. The molecule has 144 valence electrons. The van der Waals surface area contributed by atoms with Crippen LogP contribution in [0.4, 0.5) is 13.2 Å². The van der Waals surface area contributed by atoms with Crippen molar-refractivity contribution in [1.29, 1.82) is 0 Å². The van der Waals surface area contributed by atoms with Crippen molar-refractivity contribution in [3.63, 3.8) is 0 Å². The average Bonchev–Trinajstić information content (AvgIpc) is 2.61. The van der Waals surface area contributed by atoms with E-state index in [1.807, 2.05) is 19.9 Å². The lowest BCUT2D eigenvalue weighted by Crippen LogP contribution is -2.25. The minimum absolute atomic E-state index is 0.118. The molecule has 1 rings (SSSR count). The molecule has 0 fully saturated rings. The van der Waals surface area contributed by atoms with Crippen LogP contribution in [0.15, 0.2) is 54.6 Å². The maximum atomic E-state index is 12.6. The topological polar surface area (TPSA) is 29.1 Å². The largest absolute Gasteiger partial charge is 0.416 e. The second kappa shape index (κ2) is 11.8. The zero-order valence-electron chi connectivity index (χ0n) is 15.5. The lowest BCUT2D eigenvalue weighted by Gasteiger charge is -2.06. The second-order valence-corrected chi connectivity index (χ2v) is 6.24. The van der Waals surface area contributed by atoms with Crippen LogP contribution >= 0.6 is 0 Å². The standard InChI is InChI=1S/C22H24F3NO/c1-18(2)17-26-21(27)15-10-8-6-4-3-5-7-9-12-19-13-11-14-20(16-19)22(23,24)25/h6,8-16,18H,3-4,17H2,1-2H3,(H,26,27). The van der Waals surface area contributed by atoms with Gasteiger partial charge in [-0.2, -0.15) is 13.2 Å². The first-order valence-corrected chi connectivity index (χ1v) is 8.72. The van der Waals surface area contributed by atoms with Gasteiger partial charge < -0.3 is 5.32 Å². The van der Waals surface area contributed by atoms with Crippen molar-refractivity contribution in [3.05, 3.63) is 65.8 Å². The Morgan fingerprint density at radius 1 is 1.26 bits per heavy atom. The first-order valence-electron chi connectivity index (χ1n) is 8.72. The van der Waals surface area contributed by atoms with Gasteiger partial charge in [-0.15, -0.1) is 0 Å². The van der Waals surface area contributed by atoms with Crippen molar-refractivity contribution >= 4 is 12.0 Å². The fraction of sp³-hybridized carbons (Fsp3) is 0.318. The van der Waals surface area contributed by atoms with Crippen molar-refractivity contribution in [2.45, 2.75) is 32.9 Å². The van der Waals surface area contributed by atoms with E-state index >= 15 is 0 Å². The highest BCUT2D eigenvalue weighted by molar-refractivity contribution is 5.87. The number of nitrogens with one attached hydrogen (secondary N) is 1. The SMILES string of the molecule is CC(C)CNC(=O)C=CC=CCCC#CC=Cc1cccc(C(F)(F)F)c1. The Labute approximate surface area is 158 Å². The zero-order valence-corrected chi connectivity index (χ0v) is 15.5. The molecule has 0 radical (unpaired) electrons. The third-order valence-corrected chi connectivity index (χ3v) is 3.29.